The van der Waals surface area contributed by atoms with Crippen LogP contribution in [0.1, 0.15) is 13.8 Å². The number of anilines is 1. The van der Waals surface area contributed by atoms with Crippen LogP contribution in [-0.4, -0.2) is 17.9 Å². The minimum atomic E-state index is -0.338. The first-order valence-electron chi connectivity index (χ1n) is 5.41. The third-order valence-corrected chi connectivity index (χ3v) is 2.28. The number of ether oxygens (including phenoxy) is 1. The highest BCUT2D eigenvalue weighted by Gasteiger charge is 2.27. The van der Waals surface area contributed by atoms with Crippen LogP contribution < -0.4 is 9.64 Å². The van der Waals surface area contributed by atoms with E-state index in [1.807, 2.05) is 13.8 Å². The van der Waals surface area contributed by atoms with Gasteiger partial charge >= 0.3 is 0 Å². The Kier molecular flexibility index (Phi) is 2.95. The number of para-hydroxylation sites is 2. The summed E-state index contributed by atoms with van der Waals surface area (Å²) < 4.78 is 5.58. The summed E-state index contributed by atoms with van der Waals surface area (Å²) in [5.74, 6) is -0.141. The van der Waals surface area contributed by atoms with Crippen molar-refractivity contribution in [3.63, 3.8) is 0 Å². The van der Waals surface area contributed by atoms with Gasteiger partial charge in [-0.15, -0.1) is 0 Å². The van der Waals surface area contributed by atoms with Crippen molar-refractivity contribution in [3.05, 3.63) is 36.4 Å². The van der Waals surface area contributed by atoms with Gasteiger partial charge in [-0.25, -0.2) is 4.90 Å². The van der Waals surface area contributed by atoms with Crippen LogP contribution in [0.5, 0.6) is 5.75 Å². The number of hydrogen-bond acceptors (Lipinski definition) is 3. The maximum absolute atomic E-state index is 11.6. The molecule has 2 amide bonds. The second kappa shape index (κ2) is 4.41. The van der Waals surface area contributed by atoms with Crippen LogP contribution in [0.4, 0.5) is 5.69 Å². The molecule has 0 saturated carbocycles. The van der Waals surface area contributed by atoms with Crippen molar-refractivity contribution in [1.82, 2.24) is 0 Å². The van der Waals surface area contributed by atoms with Crippen molar-refractivity contribution in [2.75, 3.05) is 4.90 Å². The van der Waals surface area contributed by atoms with Gasteiger partial charge in [-0.1, -0.05) is 12.1 Å². The Morgan fingerprint density at radius 3 is 2.24 bits per heavy atom. The maximum atomic E-state index is 11.6. The topological polar surface area (TPSA) is 46.6 Å². The fourth-order valence-electron chi connectivity index (χ4n) is 1.63. The molecular formula is C13H13NO3. The Morgan fingerprint density at radius 2 is 1.65 bits per heavy atom. The minimum absolute atomic E-state index is 0.0167. The Labute approximate surface area is 99.5 Å². The van der Waals surface area contributed by atoms with Crippen molar-refractivity contribution in [3.8, 4) is 5.75 Å². The van der Waals surface area contributed by atoms with Crippen LogP contribution in [0.25, 0.3) is 0 Å². The summed E-state index contributed by atoms with van der Waals surface area (Å²) in [4.78, 5) is 24.3. The third-order valence-electron chi connectivity index (χ3n) is 2.28. The van der Waals surface area contributed by atoms with Gasteiger partial charge in [-0.05, 0) is 26.0 Å². The fourth-order valence-corrected chi connectivity index (χ4v) is 1.63. The average Bonchev–Trinajstić information content (AvgIpc) is 2.59. The largest absolute Gasteiger partial charge is 0.489 e. The summed E-state index contributed by atoms with van der Waals surface area (Å²) >= 11 is 0. The molecular weight excluding hydrogens is 218 g/mol. The Balaban J connectivity index is 2.38. The molecule has 4 heteroatoms. The molecule has 2 rings (SSSR count). The molecule has 0 saturated heterocycles. The lowest BCUT2D eigenvalue weighted by Gasteiger charge is -2.19. The van der Waals surface area contributed by atoms with Gasteiger partial charge in [0.05, 0.1) is 11.8 Å². The average molecular weight is 231 g/mol. The van der Waals surface area contributed by atoms with Crippen molar-refractivity contribution in [2.24, 2.45) is 0 Å². The Bertz CT molecular complexity index is 473. The smallest absolute Gasteiger partial charge is 0.258 e. The van der Waals surface area contributed by atoms with E-state index in [2.05, 4.69) is 0 Å². The summed E-state index contributed by atoms with van der Waals surface area (Å²) in [5, 5.41) is 0. The van der Waals surface area contributed by atoms with Crippen molar-refractivity contribution >= 4 is 17.5 Å². The van der Waals surface area contributed by atoms with Gasteiger partial charge in [0, 0.05) is 12.2 Å². The van der Waals surface area contributed by atoms with Gasteiger partial charge < -0.3 is 4.74 Å². The standard InChI is InChI=1S/C13H13NO3/c1-9(2)17-11-6-4-3-5-10(11)14-12(15)7-8-13(14)16/h3-9H,1-2H3. The molecule has 17 heavy (non-hydrogen) atoms. The number of benzene rings is 1. The lowest BCUT2D eigenvalue weighted by Crippen LogP contribution is -2.30. The predicted molar refractivity (Wildman–Crippen MR) is 63.8 cm³/mol. The normalized spacial score (nSPS) is 14.9. The molecule has 1 aromatic rings. The number of hydrogen-bond donors (Lipinski definition) is 0. The molecule has 0 aromatic heterocycles. The molecule has 1 aliphatic heterocycles. The summed E-state index contributed by atoms with van der Waals surface area (Å²) in [6.07, 6.45) is 2.50. The van der Waals surface area contributed by atoms with E-state index in [0.29, 0.717) is 11.4 Å². The van der Waals surface area contributed by atoms with Crippen LogP contribution in [0.3, 0.4) is 0 Å². The lowest BCUT2D eigenvalue weighted by molar-refractivity contribution is -0.120. The molecule has 0 bridgehead atoms. The van der Waals surface area contributed by atoms with Gasteiger partial charge in [0.15, 0.2) is 0 Å². The van der Waals surface area contributed by atoms with Crippen LogP contribution in [-0.2, 0) is 9.59 Å². The highest BCUT2D eigenvalue weighted by molar-refractivity contribution is 6.28. The van der Waals surface area contributed by atoms with Crippen LogP contribution >= 0.6 is 0 Å². The number of carbonyl (C=O) groups is 2. The van der Waals surface area contributed by atoms with E-state index in [0.717, 1.165) is 4.90 Å². The molecule has 0 atom stereocenters. The van der Waals surface area contributed by atoms with Crippen LogP contribution in [0.15, 0.2) is 36.4 Å². The van der Waals surface area contributed by atoms with Crippen molar-refractivity contribution < 1.29 is 14.3 Å². The zero-order valence-electron chi connectivity index (χ0n) is 9.71. The first kappa shape index (κ1) is 11.4. The van der Waals surface area contributed by atoms with E-state index in [-0.39, 0.29) is 17.9 Å². The van der Waals surface area contributed by atoms with E-state index in [9.17, 15) is 9.59 Å². The van der Waals surface area contributed by atoms with E-state index in [1.54, 1.807) is 24.3 Å². The van der Waals surface area contributed by atoms with Gasteiger partial charge in [0.25, 0.3) is 11.8 Å². The molecule has 0 spiro atoms. The quantitative estimate of drug-likeness (QED) is 0.746. The van der Waals surface area contributed by atoms with Crippen LogP contribution in [0, 0.1) is 0 Å². The Hall–Kier alpha value is -2.10. The molecule has 0 radical (unpaired) electrons. The van der Waals surface area contributed by atoms with Crippen LogP contribution in [0.2, 0.25) is 0 Å². The predicted octanol–water partition coefficient (Wildman–Crippen LogP) is 1.90. The molecule has 4 nitrogen and oxygen atoms in total. The second-order valence-electron chi connectivity index (χ2n) is 3.98. The third kappa shape index (κ3) is 2.20. The fraction of sp³-hybridized carbons (Fsp3) is 0.231. The molecule has 1 aliphatic rings. The highest BCUT2D eigenvalue weighted by Crippen LogP contribution is 2.30. The summed E-state index contributed by atoms with van der Waals surface area (Å²) in [6.45, 7) is 3.78. The zero-order valence-corrected chi connectivity index (χ0v) is 9.71. The van der Waals surface area contributed by atoms with E-state index in [1.165, 1.54) is 12.2 Å². The van der Waals surface area contributed by atoms with Crippen molar-refractivity contribution in [2.45, 2.75) is 20.0 Å². The molecule has 88 valence electrons. The Morgan fingerprint density at radius 1 is 1.06 bits per heavy atom. The molecule has 0 fully saturated rings. The minimum Gasteiger partial charge on any atom is -0.489 e. The molecule has 0 N–H and O–H groups in total. The molecule has 0 aliphatic carbocycles. The van der Waals surface area contributed by atoms with Gasteiger partial charge in [0.1, 0.15) is 5.75 Å². The van der Waals surface area contributed by atoms with Gasteiger partial charge in [-0.3, -0.25) is 9.59 Å². The maximum Gasteiger partial charge on any atom is 0.258 e. The number of imide groups is 1. The highest BCUT2D eigenvalue weighted by atomic mass is 16.5. The van der Waals surface area contributed by atoms with E-state index < -0.39 is 0 Å². The SMILES string of the molecule is CC(C)Oc1ccccc1N1C(=O)C=CC1=O. The molecule has 0 unspecified atom stereocenters. The van der Waals surface area contributed by atoms with E-state index >= 15 is 0 Å². The second-order valence-corrected chi connectivity index (χ2v) is 3.98. The monoisotopic (exact) mass is 231 g/mol. The zero-order chi connectivity index (χ0) is 12.4. The lowest BCUT2D eigenvalue weighted by atomic mass is 10.2. The van der Waals surface area contributed by atoms with Crippen molar-refractivity contribution in [1.29, 1.82) is 0 Å². The molecule has 1 heterocycles. The van der Waals surface area contributed by atoms with E-state index in [4.69, 9.17) is 4.74 Å². The van der Waals surface area contributed by atoms with Gasteiger partial charge in [0.2, 0.25) is 0 Å². The summed E-state index contributed by atoms with van der Waals surface area (Å²) in [5.41, 5.74) is 0.487. The summed E-state index contributed by atoms with van der Waals surface area (Å²) in [7, 11) is 0. The first-order chi connectivity index (χ1) is 8.09. The number of amides is 2. The number of rotatable bonds is 3. The number of nitrogens with zero attached hydrogens (tertiary/aromatic N) is 1. The molecule has 1 aromatic carbocycles. The number of carbonyl (C=O) groups excluding carboxylic acids is 2. The first-order valence-corrected chi connectivity index (χ1v) is 5.41. The summed E-state index contributed by atoms with van der Waals surface area (Å²) in [6, 6.07) is 7.01. The van der Waals surface area contributed by atoms with Gasteiger partial charge in [-0.2, -0.15) is 0 Å².